The van der Waals surface area contributed by atoms with Crippen LogP contribution >= 0.6 is 0 Å². The predicted octanol–water partition coefficient (Wildman–Crippen LogP) is 5.46. The van der Waals surface area contributed by atoms with Crippen molar-refractivity contribution in [2.24, 2.45) is 5.92 Å². The average Bonchev–Trinajstić information content (AvgIpc) is 2.65. The highest BCUT2D eigenvalue weighted by molar-refractivity contribution is 6.12. The van der Waals surface area contributed by atoms with Gasteiger partial charge in [0.05, 0.1) is 5.39 Å². The molecule has 2 rings (SSSR count). The van der Waals surface area contributed by atoms with Crippen molar-refractivity contribution >= 4 is 16.8 Å². The third-order valence-corrected chi connectivity index (χ3v) is 5.43. The Labute approximate surface area is 165 Å². The monoisotopic (exact) mass is 386 g/mol. The van der Waals surface area contributed by atoms with Gasteiger partial charge >= 0.3 is 5.63 Å². The standard InChI is InChI=1S/C23H30O5/c1-7-13(5)16-11-17(24)28-23-18(16)21(26)15(10-9-12(3)4)22(27)19(23)20(25)14(6)8-2/h9,11,13-14,26-27H,7-8,10H2,1-6H3. The Hall–Kier alpha value is -2.56. The van der Waals surface area contributed by atoms with Gasteiger partial charge in [0.25, 0.3) is 0 Å². The number of benzene rings is 1. The van der Waals surface area contributed by atoms with Crippen molar-refractivity contribution in [1.29, 1.82) is 0 Å². The summed E-state index contributed by atoms with van der Waals surface area (Å²) < 4.78 is 5.37. The first-order valence-corrected chi connectivity index (χ1v) is 9.85. The summed E-state index contributed by atoms with van der Waals surface area (Å²) in [6, 6.07) is 1.37. The Kier molecular flexibility index (Phi) is 6.70. The molecular formula is C23H30O5. The van der Waals surface area contributed by atoms with E-state index >= 15 is 0 Å². The van der Waals surface area contributed by atoms with Gasteiger partial charge in [-0.3, -0.25) is 4.79 Å². The maximum atomic E-state index is 13.1. The molecule has 152 valence electrons. The summed E-state index contributed by atoms with van der Waals surface area (Å²) in [5.74, 6) is -1.12. The zero-order valence-electron chi connectivity index (χ0n) is 17.5. The number of ketones is 1. The van der Waals surface area contributed by atoms with Crippen LogP contribution in [0.25, 0.3) is 11.0 Å². The van der Waals surface area contributed by atoms with Crippen LogP contribution in [-0.4, -0.2) is 16.0 Å². The predicted molar refractivity (Wildman–Crippen MR) is 111 cm³/mol. The van der Waals surface area contributed by atoms with Crippen molar-refractivity contribution in [2.45, 2.75) is 66.7 Å². The van der Waals surface area contributed by atoms with Crippen molar-refractivity contribution in [3.8, 4) is 11.5 Å². The number of aromatic hydroxyl groups is 2. The topological polar surface area (TPSA) is 87.7 Å². The Morgan fingerprint density at radius 3 is 2.32 bits per heavy atom. The fraction of sp³-hybridized carbons (Fsp3) is 0.478. The summed E-state index contributed by atoms with van der Waals surface area (Å²) in [7, 11) is 0. The number of phenols is 2. The molecule has 0 saturated heterocycles. The van der Waals surface area contributed by atoms with Crippen LogP contribution in [-0.2, 0) is 6.42 Å². The summed E-state index contributed by atoms with van der Waals surface area (Å²) in [6.45, 7) is 11.4. The highest BCUT2D eigenvalue weighted by Crippen LogP contribution is 2.44. The molecule has 0 amide bonds. The van der Waals surface area contributed by atoms with Crippen LogP contribution in [0.15, 0.2) is 26.9 Å². The van der Waals surface area contributed by atoms with Crippen molar-refractivity contribution in [1.82, 2.24) is 0 Å². The largest absolute Gasteiger partial charge is 0.507 e. The normalized spacial score (nSPS) is 13.4. The number of phenolic OH excluding ortho intramolecular Hbond substituents is 2. The maximum Gasteiger partial charge on any atom is 0.336 e. The SMILES string of the molecule is CCC(C)C(=O)c1c(O)c(CC=C(C)C)c(O)c2c(C(C)CC)cc(=O)oc12. The molecule has 0 aliphatic carbocycles. The fourth-order valence-corrected chi connectivity index (χ4v) is 3.22. The molecule has 5 nitrogen and oxygen atoms in total. The molecule has 0 radical (unpaired) electrons. The van der Waals surface area contributed by atoms with E-state index in [0.717, 1.165) is 12.0 Å². The Morgan fingerprint density at radius 1 is 1.14 bits per heavy atom. The van der Waals surface area contributed by atoms with Crippen molar-refractivity contribution in [2.75, 3.05) is 0 Å². The number of allylic oxidation sites excluding steroid dienone is 2. The molecule has 0 saturated carbocycles. The van der Waals surface area contributed by atoms with Crippen molar-refractivity contribution in [3.05, 3.63) is 44.8 Å². The average molecular weight is 386 g/mol. The van der Waals surface area contributed by atoms with E-state index in [1.807, 2.05) is 40.7 Å². The fourth-order valence-electron chi connectivity index (χ4n) is 3.22. The van der Waals surface area contributed by atoms with Gasteiger partial charge in [0, 0.05) is 17.5 Å². The zero-order chi connectivity index (χ0) is 21.2. The van der Waals surface area contributed by atoms with Crippen LogP contribution in [0.2, 0.25) is 0 Å². The Balaban J connectivity index is 3.03. The van der Waals surface area contributed by atoms with Crippen molar-refractivity contribution in [3.63, 3.8) is 0 Å². The van der Waals surface area contributed by atoms with E-state index in [9.17, 15) is 19.8 Å². The molecule has 1 aromatic heterocycles. The number of Topliss-reactive ketones (excluding diaryl/α,β-unsaturated/α-hetero) is 1. The second-order valence-corrected chi connectivity index (χ2v) is 7.74. The molecular weight excluding hydrogens is 356 g/mol. The first-order chi connectivity index (χ1) is 13.1. The zero-order valence-corrected chi connectivity index (χ0v) is 17.5. The number of rotatable bonds is 7. The molecule has 0 fully saturated rings. The van der Waals surface area contributed by atoms with E-state index in [1.165, 1.54) is 6.07 Å². The summed E-state index contributed by atoms with van der Waals surface area (Å²) in [6.07, 6.45) is 3.48. The molecule has 5 heteroatoms. The molecule has 0 bridgehead atoms. The van der Waals surface area contributed by atoms with Crippen LogP contribution in [0, 0.1) is 5.92 Å². The molecule has 0 aliphatic heterocycles. The van der Waals surface area contributed by atoms with Crippen molar-refractivity contribution < 1.29 is 19.4 Å². The highest BCUT2D eigenvalue weighted by atomic mass is 16.4. The van der Waals surface area contributed by atoms with Gasteiger partial charge in [-0.15, -0.1) is 0 Å². The Bertz CT molecular complexity index is 977. The van der Waals surface area contributed by atoms with Gasteiger partial charge in [-0.25, -0.2) is 4.79 Å². The molecule has 2 N–H and O–H groups in total. The lowest BCUT2D eigenvalue weighted by Gasteiger charge is -2.19. The molecule has 2 aromatic rings. The van der Waals surface area contributed by atoms with E-state index in [1.54, 1.807) is 6.92 Å². The number of carbonyl (C=O) groups excluding carboxylic acids is 1. The molecule has 1 aromatic carbocycles. The van der Waals surface area contributed by atoms with Crippen LogP contribution in [0.3, 0.4) is 0 Å². The van der Waals surface area contributed by atoms with E-state index in [2.05, 4.69) is 0 Å². The van der Waals surface area contributed by atoms with E-state index in [4.69, 9.17) is 4.42 Å². The van der Waals surface area contributed by atoms with Crippen LogP contribution in [0.1, 0.15) is 81.8 Å². The molecule has 2 atom stereocenters. The van der Waals surface area contributed by atoms with Gasteiger partial charge in [-0.1, -0.05) is 39.3 Å². The smallest absolute Gasteiger partial charge is 0.336 e. The third kappa shape index (κ3) is 3.98. The van der Waals surface area contributed by atoms with Crippen LogP contribution in [0.5, 0.6) is 11.5 Å². The summed E-state index contributed by atoms with van der Waals surface area (Å²) in [5, 5.41) is 22.2. The minimum absolute atomic E-state index is 0.0124. The minimum atomic E-state index is -0.600. The van der Waals surface area contributed by atoms with Gasteiger partial charge in [0.2, 0.25) is 0 Å². The molecule has 1 heterocycles. The van der Waals surface area contributed by atoms with Gasteiger partial charge < -0.3 is 14.6 Å². The number of fused-ring (bicyclic) bond motifs is 1. The number of hydrogen-bond donors (Lipinski definition) is 2. The lowest BCUT2D eigenvalue weighted by molar-refractivity contribution is 0.0925. The minimum Gasteiger partial charge on any atom is -0.507 e. The molecule has 0 spiro atoms. The second kappa shape index (κ2) is 8.63. The first-order valence-electron chi connectivity index (χ1n) is 9.85. The molecule has 0 aliphatic rings. The molecule has 2 unspecified atom stereocenters. The quantitative estimate of drug-likeness (QED) is 0.375. The first kappa shape index (κ1) is 21.7. The van der Waals surface area contributed by atoms with Crippen LogP contribution < -0.4 is 5.63 Å². The lowest BCUT2D eigenvalue weighted by atomic mass is 9.87. The van der Waals surface area contributed by atoms with E-state index in [-0.39, 0.29) is 52.2 Å². The highest BCUT2D eigenvalue weighted by Gasteiger charge is 2.29. The number of hydrogen-bond acceptors (Lipinski definition) is 5. The third-order valence-electron chi connectivity index (χ3n) is 5.43. The summed E-state index contributed by atoms with van der Waals surface area (Å²) in [5.41, 5.74) is 1.29. The van der Waals surface area contributed by atoms with E-state index in [0.29, 0.717) is 17.4 Å². The van der Waals surface area contributed by atoms with E-state index < -0.39 is 5.63 Å². The Morgan fingerprint density at radius 2 is 1.79 bits per heavy atom. The number of carbonyl (C=O) groups is 1. The lowest BCUT2D eigenvalue weighted by Crippen LogP contribution is -2.14. The maximum absolute atomic E-state index is 13.1. The second-order valence-electron chi connectivity index (χ2n) is 7.74. The molecule has 28 heavy (non-hydrogen) atoms. The summed E-state index contributed by atoms with van der Waals surface area (Å²) >= 11 is 0. The van der Waals surface area contributed by atoms with Gasteiger partial charge in [-0.2, -0.15) is 0 Å². The van der Waals surface area contributed by atoms with Gasteiger partial charge in [0.1, 0.15) is 17.1 Å². The van der Waals surface area contributed by atoms with Crippen LogP contribution in [0.4, 0.5) is 0 Å². The van der Waals surface area contributed by atoms with Gasteiger partial charge in [0.15, 0.2) is 11.4 Å². The van der Waals surface area contributed by atoms with Gasteiger partial charge in [-0.05, 0) is 44.6 Å². The summed E-state index contributed by atoms with van der Waals surface area (Å²) in [4.78, 5) is 25.3.